The van der Waals surface area contributed by atoms with Crippen molar-refractivity contribution in [3.05, 3.63) is 82.0 Å². The molecule has 2 nitrogen and oxygen atoms in total. The number of rotatable bonds is 3. The van der Waals surface area contributed by atoms with Crippen LogP contribution in [0.5, 0.6) is 0 Å². The zero-order valence-corrected chi connectivity index (χ0v) is 20.8. The summed E-state index contributed by atoms with van der Waals surface area (Å²) >= 11 is 0. The Hall–Kier alpha value is -2.25. The van der Waals surface area contributed by atoms with Crippen molar-refractivity contribution >= 4 is 23.8 Å². The molecular formula is C28H36N2Ni. The zero-order valence-electron chi connectivity index (χ0n) is 19.8. The van der Waals surface area contributed by atoms with Gasteiger partial charge >= 0.3 is 0 Å². The number of hydrogen-bond acceptors (Lipinski definition) is 2. The number of aryl methyl sites for hydroxylation is 6. The van der Waals surface area contributed by atoms with Gasteiger partial charge in [0.2, 0.25) is 0 Å². The van der Waals surface area contributed by atoms with Crippen LogP contribution in [0.1, 0.15) is 59.1 Å². The molecular weight excluding hydrogens is 423 g/mol. The minimum atomic E-state index is 0. The maximum Gasteiger partial charge on any atom is 0.0688 e. The van der Waals surface area contributed by atoms with E-state index in [1.54, 1.807) is 12.4 Å². The molecule has 0 aromatic heterocycles. The number of hydrogen-bond donors (Lipinski definition) is 0. The first-order chi connectivity index (χ1) is 14.4. The van der Waals surface area contributed by atoms with Gasteiger partial charge in [-0.15, -0.1) is 0 Å². The summed E-state index contributed by atoms with van der Waals surface area (Å²) in [5.74, 6) is 0. The molecule has 1 aliphatic rings. The molecule has 0 atom stereocenters. The van der Waals surface area contributed by atoms with Crippen LogP contribution in [-0.2, 0) is 16.5 Å². The number of benzene rings is 2. The van der Waals surface area contributed by atoms with E-state index in [2.05, 4.69) is 100 Å². The predicted molar refractivity (Wildman–Crippen MR) is 134 cm³/mol. The zero-order chi connectivity index (χ0) is 21.9. The molecule has 0 saturated carbocycles. The largest absolute Gasteiger partial charge is 0.255 e. The second-order valence-corrected chi connectivity index (χ2v) is 8.15. The van der Waals surface area contributed by atoms with E-state index in [1.165, 1.54) is 59.1 Å². The van der Waals surface area contributed by atoms with Crippen molar-refractivity contribution in [3.63, 3.8) is 0 Å². The Morgan fingerprint density at radius 1 is 0.516 bits per heavy atom. The van der Waals surface area contributed by atoms with Crippen molar-refractivity contribution in [2.45, 2.75) is 67.2 Å². The molecule has 31 heavy (non-hydrogen) atoms. The normalized spacial score (nSPS) is 15.5. The van der Waals surface area contributed by atoms with E-state index in [0.29, 0.717) is 0 Å². The van der Waals surface area contributed by atoms with Crippen LogP contribution in [0, 0.1) is 41.5 Å². The fraction of sp³-hybridized carbons (Fsp3) is 0.357. The summed E-state index contributed by atoms with van der Waals surface area (Å²) in [6, 6.07) is 8.63. The van der Waals surface area contributed by atoms with Crippen LogP contribution in [0.25, 0.3) is 0 Å². The Labute approximate surface area is 199 Å². The summed E-state index contributed by atoms with van der Waals surface area (Å²) in [7, 11) is 0. The molecule has 0 spiro atoms. The molecule has 2 aromatic carbocycles. The number of nitrogens with zero attached hydrogens (tertiary/aromatic N) is 2. The van der Waals surface area contributed by atoms with E-state index in [4.69, 9.17) is 0 Å². The van der Waals surface area contributed by atoms with Crippen LogP contribution in [0.2, 0.25) is 0 Å². The Bertz CT molecular complexity index is 827. The average Bonchev–Trinajstić information content (AvgIpc) is 2.62. The average molecular weight is 459 g/mol. The smallest absolute Gasteiger partial charge is 0.0688 e. The van der Waals surface area contributed by atoms with Crippen LogP contribution in [-0.4, -0.2) is 12.4 Å². The fourth-order valence-electron chi connectivity index (χ4n) is 3.82. The molecule has 1 aliphatic carbocycles. The van der Waals surface area contributed by atoms with Gasteiger partial charge in [0.15, 0.2) is 0 Å². The molecule has 0 radical (unpaired) electrons. The van der Waals surface area contributed by atoms with E-state index in [9.17, 15) is 0 Å². The summed E-state index contributed by atoms with van der Waals surface area (Å²) in [6.45, 7) is 12.6. The van der Waals surface area contributed by atoms with Crippen LogP contribution in [0.3, 0.4) is 0 Å². The predicted octanol–water partition coefficient (Wildman–Crippen LogP) is 8.31. The molecule has 0 heterocycles. The third kappa shape index (κ3) is 9.19. The van der Waals surface area contributed by atoms with Crippen molar-refractivity contribution in [1.29, 1.82) is 0 Å². The van der Waals surface area contributed by atoms with Crippen LogP contribution in [0.4, 0.5) is 11.4 Å². The first-order valence-electron chi connectivity index (χ1n) is 10.9. The van der Waals surface area contributed by atoms with Gasteiger partial charge in [0.25, 0.3) is 0 Å². The Balaban J connectivity index is 0.000000450. The summed E-state index contributed by atoms with van der Waals surface area (Å²) in [5.41, 5.74) is 9.41. The van der Waals surface area contributed by atoms with Gasteiger partial charge in [0.1, 0.15) is 0 Å². The number of allylic oxidation sites excluding steroid dienone is 4. The SMILES string of the molecule is C1=C\CC/C=C\CC/1.Cc1cc(C)c(N=CC=Nc2c(C)cc(C)cc2C)c(C)c1.[Ni]. The first-order valence-corrected chi connectivity index (χ1v) is 10.9. The van der Waals surface area contributed by atoms with Crippen molar-refractivity contribution < 1.29 is 16.5 Å². The molecule has 0 aliphatic heterocycles. The van der Waals surface area contributed by atoms with Crippen LogP contribution < -0.4 is 0 Å². The van der Waals surface area contributed by atoms with Crippen molar-refractivity contribution in [2.75, 3.05) is 0 Å². The minimum absolute atomic E-state index is 0. The van der Waals surface area contributed by atoms with Crippen LogP contribution in [0.15, 0.2) is 58.6 Å². The molecule has 168 valence electrons. The first kappa shape index (κ1) is 26.8. The van der Waals surface area contributed by atoms with Gasteiger partial charge in [-0.2, -0.15) is 0 Å². The molecule has 0 fully saturated rings. The standard InChI is InChI=1S/C20H24N2.C8H12.Ni/c1-13-9-15(3)19(16(4)10-13)21-7-8-22-20-17(5)11-14(2)12-18(20)6;1-2-4-6-8-7-5-3-1;/h7-12H,1-6H3;1-2,7-8H,3-6H2;/b;2-1-,8-7-;. The van der Waals surface area contributed by atoms with Gasteiger partial charge in [-0.3, -0.25) is 9.98 Å². The molecule has 0 N–H and O–H groups in total. The van der Waals surface area contributed by atoms with Gasteiger partial charge in [-0.1, -0.05) is 59.7 Å². The summed E-state index contributed by atoms with van der Waals surface area (Å²) in [4.78, 5) is 9.13. The van der Waals surface area contributed by atoms with Gasteiger partial charge in [0.05, 0.1) is 11.4 Å². The fourth-order valence-corrected chi connectivity index (χ4v) is 3.82. The van der Waals surface area contributed by atoms with E-state index in [-0.39, 0.29) is 16.5 Å². The molecule has 0 saturated heterocycles. The monoisotopic (exact) mass is 458 g/mol. The van der Waals surface area contributed by atoms with Crippen LogP contribution >= 0.6 is 0 Å². The Kier molecular flexibility index (Phi) is 12.0. The van der Waals surface area contributed by atoms with Gasteiger partial charge < -0.3 is 0 Å². The quantitative estimate of drug-likeness (QED) is 0.251. The van der Waals surface area contributed by atoms with E-state index >= 15 is 0 Å². The van der Waals surface area contributed by atoms with E-state index in [0.717, 1.165) is 11.4 Å². The maximum absolute atomic E-state index is 4.56. The summed E-state index contributed by atoms with van der Waals surface area (Å²) in [5, 5.41) is 0. The van der Waals surface area contributed by atoms with E-state index < -0.39 is 0 Å². The summed E-state index contributed by atoms with van der Waals surface area (Å²) < 4.78 is 0. The van der Waals surface area contributed by atoms with Gasteiger partial charge in [-0.25, -0.2) is 0 Å². The Morgan fingerprint density at radius 3 is 1.03 bits per heavy atom. The second-order valence-electron chi connectivity index (χ2n) is 8.15. The topological polar surface area (TPSA) is 24.7 Å². The third-order valence-corrected chi connectivity index (χ3v) is 5.08. The molecule has 3 rings (SSSR count). The second kappa shape index (κ2) is 13.9. The van der Waals surface area contributed by atoms with Crippen molar-refractivity contribution in [3.8, 4) is 0 Å². The minimum Gasteiger partial charge on any atom is -0.255 e. The maximum atomic E-state index is 4.56. The van der Waals surface area contributed by atoms with Crippen molar-refractivity contribution in [2.24, 2.45) is 9.98 Å². The molecule has 3 heteroatoms. The number of aliphatic imine (C=N–C) groups is 2. The van der Waals surface area contributed by atoms with E-state index in [1.807, 2.05) is 0 Å². The van der Waals surface area contributed by atoms with Gasteiger partial charge in [0, 0.05) is 28.9 Å². The van der Waals surface area contributed by atoms with Gasteiger partial charge in [-0.05, 0) is 89.5 Å². The molecule has 2 aromatic rings. The molecule has 0 amide bonds. The molecule has 0 bridgehead atoms. The van der Waals surface area contributed by atoms with Crippen molar-refractivity contribution in [1.82, 2.24) is 0 Å². The summed E-state index contributed by atoms with van der Waals surface area (Å²) in [6.07, 6.45) is 17.6. The molecule has 0 unspecified atom stereocenters. The Morgan fingerprint density at radius 2 is 0.774 bits per heavy atom. The third-order valence-electron chi connectivity index (χ3n) is 5.08.